The van der Waals surface area contributed by atoms with Crippen LogP contribution in [0.5, 0.6) is 0 Å². The van der Waals surface area contributed by atoms with Gasteiger partial charge in [0.05, 0.1) is 0 Å². The maximum Gasteiger partial charge on any atom is 2.00 e. The second-order valence-corrected chi connectivity index (χ2v) is 0. The maximum atomic E-state index is 0. The zero-order chi connectivity index (χ0) is 0. The summed E-state index contributed by atoms with van der Waals surface area (Å²) < 4.78 is 0. The second-order valence-electron chi connectivity index (χ2n) is 0. The Hall–Kier alpha value is 3.08. The van der Waals surface area contributed by atoms with E-state index in [0.29, 0.717) is 0 Å². The molecule has 0 nitrogen and oxygen atoms in total. The molecule has 0 saturated carbocycles. The van der Waals surface area contributed by atoms with Crippen molar-refractivity contribution in [1.29, 1.82) is 0 Å². The van der Waals surface area contributed by atoms with E-state index >= 15 is 0 Å². The molecule has 0 aromatic heterocycles. The van der Waals surface area contributed by atoms with E-state index in [9.17, 15) is 0 Å². The molecule has 0 rings (SSSR count). The van der Waals surface area contributed by atoms with Gasteiger partial charge in [-0.3, -0.25) is 0 Å². The molecule has 40 valence electrons. The van der Waals surface area contributed by atoms with Gasteiger partial charge in [0.15, 0.2) is 0 Å². The van der Waals surface area contributed by atoms with Gasteiger partial charge in [0.1, 0.15) is 0 Å². The molecule has 0 spiro atoms. The fourth-order valence-electron chi connectivity index (χ4n) is 0. The van der Waals surface area contributed by atoms with E-state index in [0.717, 1.165) is 0 Å². The summed E-state index contributed by atoms with van der Waals surface area (Å²) in [6, 6.07) is 0. The van der Waals surface area contributed by atoms with Crippen LogP contribution in [-0.4, -0.2) is 48.9 Å². The predicted octanol–water partition coefficient (Wildman–Crippen LogP) is -5.42. The topological polar surface area (TPSA) is 0 Å². The van der Waals surface area contributed by atoms with Crippen LogP contribution in [0.4, 0.5) is 0 Å². The Morgan fingerprint density at radius 1 is 0.667 bits per heavy atom. The first-order valence-corrected chi connectivity index (χ1v) is 0. The fourth-order valence-corrected chi connectivity index (χ4v) is 0. The smallest absolute Gasteiger partial charge is 1.00 e. The van der Waals surface area contributed by atoms with Crippen molar-refractivity contribution >= 4 is 87.2 Å². The summed E-state index contributed by atoms with van der Waals surface area (Å²) in [7, 11) is 0. The molecule has 0 aromatic carbocycles. The minimum Gasteiger partial charge on any atom is -1.00 e. The quantitative estimate of drug-likeness (QED) is 0.392. The van der Waals surface area contributed by atoms with Gasteiger partial charge in [-0.15, -0.1) is 24.8 Å². The van der Waals surface area contributed by atoms with Gasteiger partial charge in [-0.25, -0.2) is 0 Å². The average Bonchev–Trinajstić information content (AvgIpc) is 0. The van der Waals surface area contributed by atoms with Crippen molar-refractivity contribution in [3.8, 4) is 0 Å². The van der Waals surface area contributed by atoms with Gasteiger partial charge in [-0.05, 0) is 0 Å². The minimum atomic E-state index is 0. The molecule has 0 heterocycles. The van der Waals surface area contributed by atoms with E-state index in [4.69, 9.17) is 0 Å². The first-order valence-electron chi connectivity index (χ1n) is 0. The Labute approximate surface area is 110 Å². The Balaban J connectivity index is 0. The summed E-state index contributed by atoms with van der Waals surface area (Å²) in [5.41, 5.74) is 0. The molecule has 0 N–H and O–H groups in total. The van der Waals surface area contributed by atoms with Gasteiger partial charge >= 0.3 is 48.9 Å². The van der Waals surface area contributed by atoms with Gasteiger partial charge in [0, 0.05) is 0 Å². The van der Waals surface area contributed by atoms with Crippen LogP contribution in [0.1, 0.15) is 0 Å². The van der Waals surface area contributed by atoms with Crippen LogP contribution in [0.3, 0.4) is 0 Å². The van der Waals surface area contributed by atoms with Crippen LogP contribution in [0, 0.1) is 0 Å². The van der Waals surface area contributed by atoms with Crippen LogP contribution in [0.25, 0.3) is 0 Å². The van der Waals surface area contributed by atoms with Crippen LogP contribution in [0.2, 0.25) is 0 Å². The van der Waals surface area contributed by atoms with E-state index in [1.165, 1.54) is 0 Å². The molecule has 0 aliphatic carbocycles. The van der Waals surface area contributed by atoms with E-state index in [2.05, 4.69) is 0 Å². The zero-order valence-corrected chi connectivity index (χ0v) is 11.4. The van der Waals surface area contributed by atoms with Gasteiger partial charge in [-0.2, -0.15) is 13.5 Å². The van der Waals surface area contributed by atoms with Crippen LogP contribution in [0.15, 0.2) is 0 Å². The van der Waals surface area contributed by atoms with E-state index < -0.39 is 0 Å². The molecular formula is H4BaCl4S. The fraction of sp³-hybridized carbons (Fsp3) is 0. The first kappa shape index (κ1) is 62.5. The van der Waals surface area contributed by atoms with E-state index in [1.54, 1.807) is 0 Å². The van der Waals surface area contributed by atoms with E-state index in [-0.39, 0.29) is 112 Å². The van der Waals surface area contributed by atoms with Gasteiger partial charge in [0.25, 0.3) is 0 Å². The summed E-state index contributed by atoms with van der Waals surface area (Å²) in [5, 5.41) is 0. The Morgan fingerprint density at radius 2 is 0.667 bits per heavy atom. The number of halogens is 4. The molecule has 0 aliphatic heterocycles. The van der Waals surface area contributed by atoms with Crippen LogP contribution >= 0.6 is 38.3 Å². The summed E-state index contributed by atoms with van der Waals surface area (Å²) in [6.07, 6.45) is 0. The Bertz CT molecular complexity index is 7.51. The van der Waals surface area contributed by atoms with Crippen LogP contribution < -0.4 is 24.8 Å². The summed E-state index contributed by atoms with van der Waals surface area (Å²) in [5.74, 6) is 0. The Kier molecular flexibility index (Phi) is 444. The standard InChI is InChI=1S/Ba.4ClH.H2S/h;4*1H;1H2/q+2;;;;;/p-2. The average molecular weight is 315 g/mol. The van der Waals surface area contributed by atoms with Crippen molar-refractivity contribution in [3.63, 3.8) is 0 Å². The summed E-state index contributed by atoms with van der Waals surface area (Å²) in [4.78, 5) is 0. The molecule has 0 amide bonds. The largest absolute Gasteiger partial charge is 2.00 e. The Morgan fingerprint density at radius 3 is 0.667 bits per heavy atom. The normalized spacial score (nSPS) is 0. The van der Waals surface area contributed by atoms with Gasteiger partial charge in [-0.1, -0.05) is 0 Å². The van der Waals surface area contributed by atoms with Crippen molar-refractivity contribution in [2.24, 2.45) is 0 Å². The van der Waals surface area contributed by atoms with Crippen LogP contribution in [-0.2, 0) is 0 Å². The third-order valence-corrected chi connectivity index (χ3v) is 0. The second kappa shape index (κ2) is 42.7. The number of hydrogen-bond donors (Lipinski definition) is 0. The SMILES string of the molecule is Cl.Cl.S.[Ba+2].[Cl-].[Cl-]. The third kappa shape index (κ3) is 27.6. The monoisotopic (exact) mass is 314 g/mol. The molecule has 0 bridgehead atoms. The van der Waals surface area contributed by atoms with Gasteiger partial charge in [0.2, 0.25) is 0 Å². The van der Waals surface area contributed by atoms with E-state index in [1.807, 2.05) is 0 Å². The molecule has 0 unspecified atom stereocenters. The molecule has 6 heteroatoms. The third-order valence-electron chi connectivity index (χ3n) is 0. The van der Waals surface area contributed by atoms with Crippen molar-refractivity contribution in [2.75, 3.05) is 0 Å². The number of hydrogen-bond acceptors (Lipinski definition) is 0. The molecular weight excluding hydrogens is 311 g/mol. The van der Waals surface area contributed by atoms with Crippen molar-refractivity contribution < 1.29 is 24.8 Å². The molecule has 6 heavy (non-hydrogen) atoms. The molecule has 0 aromatic rings. The maximum absolute atomic E-state index is 0. The predicted molar refractivity (Wildman–Crippen MR) is 30.6 cm³/mol. The summed E-state index contributed by atoms with van der Waals surface area (Å²) >= 11 is 0. The molecule has 0 fully saturated rings. The van der Waals surface area contributed by atoms with Crippen molar-refractivity contribution in [2.45, 2.75) is 0 Å². The number of rotatable bonds is 0. The first-order chi connectivity index (χ1) is 0. The zero-order valence-electron chi connectivity index (χ0n) is 2.78. The van der Waals surface area contributed by atoms with Gasteiger partial charge < -0.3 is 24.8 Å². The summed E-state index contributed by atoms with van der Waals surface area (Å²) in [6.45, 7) is 0. The molecule has 0 saturated heterocycles. The van der Waals surface area contributed by atoms with Crippen molar-refractivity contribution in [3.05, 3.63) is 0 Å². The minimum absolute atomic E-state index is 0. The van der Waals surface area contributed by atoms with Crippen molar-refractivity contribution in [1.82, 2.24) is 0 Å². The molecule has 0 atom stereocenters. The molecule has 0 radical (unpaired) electrons. The molecule has 0 aliphatic rings.